The molecule has 1 aromatic heterocycles. The van der Waals surface area contributed by atoms with E-state index >= 15 is 0 Å². The molecule has 2 nitrogen and oxygen atoms in total. The molecular formula is C15H10F3N2+. The van der Waals surface area contributed by atoms with Crippen LogP contribution in [0.4, 0.5) is 13.2 Å². The average molecular weight is 275 g/mol. The van der Waals surface area contributed by atoms with Crippen molar-refractivity contribution in [1.29, 1.82) is 0 Å². The number of hydrogen-bond acceptors (Lipinski definition) is 1. The molecule has 0 unspecified atom stereocenters. The minimum absolute atomic E-state index is 0.653. The van der Waals surface area contributed by atoms with Crippen molar-refractivity contribution in [2.75, 3.05) is 0 Å². The first-order valence-corrected chi connectivity index (χ1v) is 6.05. The third-order valence-electron chi connectivity index (χ3n) is 3.03. The number of nitrogens with zero attached hydrogens (tertiary/aromatic N) is 2. The second-order valence-corrected chi connectivity index (χ2v) is 4.55. The van der Waals surface area contributed by atoms with Crippen LogP contribution in [0.5, 0.6) is 0 Å². The molecule has 1 aromatic carbocycles. The van der Waals surface area contributed by atoms with Gasteiger partial charge < -0.3 is 0 Å². The van der Waals surface area contributed by atoms with Gasteiger partial charge in [-0.2, -0.15) is 13.2 Å². The first-order chi connectivity index (χ1) is 9.52. The molecule has 20 heavy (non-hydrogen) atoms. The molecule has 3 rings (SSSR count). The van der Waals surface area contributed by atoms with Crippen LogP contribution in [0.3, 0.4) is 0 Å². The van der Waals surface area contributed by atoms with E-state index in [-0.39, 0.29) is 0 Å². The number of pyridine rings is 1. The summed E-state index contributed by atoms with van der Waals surface area (Å²) >= 11 is 0. The van der Waals surface area contributed by atoms with Crippen LogP contribution < -0.4 is 4.67 Å². The second kappa shape index (κ2) is 4.62. The van der Waals surface area contributed by atoms with Crippen LogP contribution in [0.15, 0.2) is 42.6 Å². The van der Waals surface area contributed by atoms with Gasteiger partial charge in [-0.25, -0.2) is 0 Å². The minimum Gasteiger partial charge on any atom is -0.256 e. The van der Waals surface area contributed by atoms with Crippen LogP contribution >= 0.6 is 0 Å². The first kappa shape index (κ1) is 12.6. The fourth-order valence-electron chi connectivity index (χ4n) is 1.88. The first-order valence-electron chi connectivity index (χ1n) is 6.05. The van der Waals surface area contributed by atoms with E-state index in [1.165, 1.54) is 12.1 Å². The fourth-order valence-corrected chi connectivity index (χ4v) is 1.88. The molecule has 2 heterocycles. The van der Waals surface area contributed by atoms with Crippen LogP contribution in [-0.2, 0) is 12.6 Å². The van der Waals surface area contributed by atoms with Gasteiger partial charge in [0, 0.05) is 11.8 Å². The lowest BCUT2D eigenvalue weighted by Gasteiger charge is -2.07. The van der Waals surface area contributed by atoms with Crippen molar-refractivity contribution >= 4 is 11.9 Å². The highest BCUT2D eigenvalue weighted by molar-refractivity contribution is 6.40. The summed E-state index contributed by atoms with van der Waals surface area (Å²) in [5.74, 6) is 0. The lowest BCUT2D eigenvalue weighted by molar-refractivity contribution is -0.137. The second-order valence-electron chi connectivity index (χ2n) is 4.55. The Hall–Kier alpha value is -2.39. The highest BCUT2D eigenvalue weighted by Gasteiger charge is 2.30. The van der Waals surface area contributed by atoms with Crippen LogP contribution in [0.1, 0.15) is 11.1 Å². The summed E-state index contributed by atoms with van der Waals surface area (Å²) in [4.78, 5) is 4.27. The summed E-state index contributed by atoms with van der Waals surface area (Å²) in [5, 5.41) is 0. The summed E-state index contributed by atoms with van der Waals surface area (Å²) in [6, 6.07) is 8.72. The van der Waals surface area contributed by atoms with Crippen molar-refractivity contribution in [2.24, 2.45) is 0 Å². The lowest BCUT2D eigenvalue weighted by atomic mass is 10.1. The molecule has 0 spiro atoms. The van der Waals surface area contributed by atoms with Crippen molar-refractivity contribution in [3.63, 3.8) is 0 Å². The normalized spacial score (nSPS) is 13.2. The molecule has 0 fully saturated rings. The summed E-state index contributed by atoms with van der Waals surface area (Å²) in [6.07, 6.45) is -0.0386. The molecule has 1 aliphatic heterocycles. The van der Waals surface area contributed by atoms with Crippen molar-refractivity contribution in [3.8, 4) is 11.3 Å². The molecule has 2 aromatic rings. The van der Waals surface area contributed by atoms with Crippen LogP contribution in [-0.4, -0.2) is 16.9 Å². The Morgan fingerprint density at radius 3 is 2.20 bits per heavy atom. The predicted octanol–water partition coefficient (Wildman–Crippen LogP) is 2.90. The Balaban J connectivity index is 1.79. The quantitative estimate of drug-likeness (QED) is 0.791. The van der Waals surface area contributed by atoms with E-state index in [0.29, 0.717) is 11.3 Å². The Labute approximate surface area is 113 Å². The van der Waals surface area contributed by atoms with Crippen LogP contribution in [0, 0.1) is 0 Å². The number of rotatable bonds is 3. The molecule has 0 saturated heterocycles. The third-order valence-corrected chi connectivity index (χ3v) is 3.03. The molecule has 0 amide bonds. The largest absolute Gasteiger partial charge is 0.416 e. The number of benzene rings is 1. The van der Waals surface area contributed by atoms with E-state index < -0.39 is 11.7 Å². The topological polar surface area (TPSA) is 27.0 Å². The number of hydrogen-bond donors (Lipinski definition) is 0. The fraction of sp³-hybridized carbons (Fsp3) is 0.133. The summed E-state index contributed by atoms with van der Waals surface area (Å²) in [5.41, 5.74) is 2.74. The lowest BCUT2D eigenvalue weighted by Crippen LogP contribution is -2.04. The predicted molar refractivity (Wildman–Crippen MR) is 71.6 cm³/mol. The van der Waals surface area contributed by atoms with Gasteiger partial charge in [-0.1, -0.05) is 22.9 Å². The third kappa shape index (κ3) is 2.78. The monoisotopic (exact) mass is 275 g/mol. The molecule has 0 N–H and O–H groups in total. The van der Waals surface area contributed by atoms with Gasteiger partial charge in [0.25, 0.3) is 0 Å². The Kier molecular flexibility index (Phi) is 2.92. The molecule has 0 radical (unpaired) electrons. The van der Waals surface area contributed by atoms with Crippen molar-refractivity contribution in [3.05, 3.63) is 53.7 Å². The maximum absolute atomic E-state index is 12.5. The molecule has 1 aliphatic rings. The van der Waals surface area contributed by atoms with E-state index in [1.54, 1.807) is 18.5 Å². The molecular weight excluding hydrogens is 265 g/mol. The zero-order valence-corrected chi connectivity index (χ0v) is 10.4. The van der Waals surface area contributed by atoms with Gasteiger partial charge in [0.1, 0.15) is 0 Å². The van der Waals surface area contributed by atoms with Gasteiger partial charge in [0.2, 0.25) is 0 Å². The van der Waals surface area contributed by atoms with Gasteiger partial charge in [0.15, 0.2) is 0 Å². The van der Waals surface area contributed by atoms with E-state index in [2.05, 4.69) is 9.65 Å². The van der Waals surface area contributed by atoms with Gasteiger partial charge in [-0.3, -0.25) is 4.98 Å². The maximum atomic E-state index is 12.5. The molecule has 0 saturated carbocycles. The number of alkyl halides is 3. The zero-order chi connectivity index (χ0) is 14.2. The van der Waals surface area contributed by atoms with E-state index in [4.69, 9.17) is 0 Å². The minimum atomic E-state index is -4.31. The Morgan fingerprint density at radius 1 is 1.00 bits per heavy atom. The highest BCUT2D eigenvalue weighted by Crippen LogP contribution is 2.30. The standard InChI is InChI=1S/C15H10F3N2/c16-15(17,18)12-4-2-11(3-5-12)14-6-1-10(8-20-14)7-13-9-19-13/h1-6,8-9H,7H2/q+1. The molecule has 100 valence electrons. The van der Waals surface area contributed by atoms with E-state index in [0.717, 1.165) is 29.8 Å². The van der Waals surface area contributed by atoms with E-state index in [1.807, 2.05) is 6.07 Å². The summed E-state index contributed by atoms with van der Waals surface area (Å²) < 4.78 is 41.4. The van der Waals surface area contributed by atoms with Crippen LogP contribution in [0.25, 0.3) is 11.3 Å². The molecule has 5 heteroatoms. The van der Waals surface area contributed by atoms with Gasteiger partial charge in [-0.05, 0) is 23.8 Å². The van der Waals surface area contributed by atoms with Gasteiger partial charge in [-0.15, -0.1) is 0 Å². The van der Waals surface area contributed by atoms with Gasteiger partial charge in [0.05, 0.1) is 17.7 Å². The molecule has 0 atom stereocenters. The number of aromatic nitrogens is 1. The summed E-state index contributed by atoms with van der Waals surface area (Å²) in [7, 11) is 0. The smallest absolute Gasteiger partial charge is 0.256 e. The zero-order valence-electron chi connectivity index (χ0n) is 10.4. The van der Waals surface area contributed by atoms with Gasteiger partial charge >= 0.3 is 18.1 Å². The van der Waals surface area contributed by atoms with Crippen molar-refractivity contribution < 1.29 is 13.2 Å². The van der Waals surface area contributed by atoms with Crippen molar-refractivity contribution in [1.82, 2.24) is 9.65 Å². The summed E-state index contributed by atoms with van der Waals surface area (Å²) in [6.45, 7) is 0. The van der Waals surface area contributed by atoms with Crippen molar-refractivity contribution in [2.45, 2.75) is 12.6 Å². The Morgan fingerprint density at radius 2 is 1.70 bits per heavy atom. The maximum Gasteiger partial charge on any atom is 0.416 e. The Bertz CT molecular complexity index is 691. The molecule has 0 bridgehead atoms. The SMILES string of the molecule is FC(F)(F)c1ccc(-c2ccc(CC3=[N+]=C3)cn2)cc1. The molecule has 0 aliphatic carbocycles. The average Bonchev–Trinajstić information content (AvgIpc) is 3.23. The van der Waals surface area contributed by atoms with E-state index in [9.17, 15) is 13.2 Å². The number of halogens is 3. The van der Waals surface area contributed by atoms with Crippen LogP contribution in [0.2, 0.25) is 0 Å². The highest BCUT2D eigenvalue weighted by atomic mass is 19.4.